The number of benzene rings is 2. The Bertz CT molecular complexity index is 650. The third kappa shape index (κ3) is 3.46. The van der Waals surface area contributed by atoms with E-state index in [1.165, 1.54) is 12.1 Å². The van der Waals surface area contributed by atoms with E-state index >= 15 is 0 Å². The SMILES string of the molecule is O=C(/C=C/c1ccccc1Cl)c1cc(Br)ccc1O. The van der Waals surface area contributed by atoms with Crippen LogP contribution < -0.4 is 0 Å². The summed E-state index contributed by atoms with van der Waals surface area (Å²) in [6.07, 6.45) is 3.02. The van der Waals surface area contributed by atoms with Crippen molar-refractivity contribution in [2.45, 2.75) is 0 Å². The van der Waals surface area contributed by atoms with Crippen molar-refractivity contribution in [3.8, 4) is 5.75 Å². The van der Waals surface area contributed by atoms with Crippen LogP contribution in [0.3, 0.4) is 0 Å². The van der Waals surface area contributed by atoms with Gasteiger partial charge >= 0.3 is 0 Å². The van der Waals surface area contributed by atoms with Gasteiger partial charge in [0.2, 0.25) is 0 Å². The topological polar surface area (TPSA) is 37.3 Å². The summed E-state index contributed by atoms with van der Waals surface area (Å²) < 4.78 is 0.736. The Morgan fingerprint density at radius 3 is 2.68 bits per heavy atom. The normalized spacial score (nSPS) is 10.8. The molecule has 1 N–H and O–H groups in total. The number of hydrogen-bond donors (Lipinski definition) is 1. The molecule has 0 aliphatic carbocycles. The molecule has 2 aromatic rings. The summed E-state index contributed by atoms with van der Waals surface area (Å²) in [5.74, 6) is -0.323. The molecule has 0 saturated carbocycles. The number of halogens is 2. The zero-order valence-corrected chi connectivity index (χ0v) is 12.1. The summed E-state index contributed by atoms with van der Waals surface area (Å²) in [4.78, 5) is 12.0. The average molecular weight is 338 g/mol. The van der Waals surface area contributed by atoms with Crippen LogP contribution in [-0.4, -0.2) is 10.9 Å². The van der Waals surface area contributed by atoms with Gasteiger partial charge in [-0.2, -0.15) is 0 Å². The van der Waals surface area contributed by atoms with E-state index in [-0.39, 0.29) is 17.1 Å². The van der Waals surface area contributed by atoms with E-state index in [1.807, 2.05) is 18.2 Å². The first-order valence-electron chi connectivity index (χ1n) is 5.53. The van der Waals surface area contributed by atoms with Crippen LogP contribution in [0.2, 0.25) is 5.02 Å². The van der Waals surface area contributed by atoms with Gasteiger partial charge in [0.25, 0.3) is 0 Å². The molecule has 2 rings (SSSR count). The van der Waals surface area contributed by atoms with Gasteiger partial charge in [-0.3, -0.25) is 4.79 Å². The highest BCUT2D eigenvalue weighted by Crippen LogP contribution is 2.23. The van der Waals surface area contributed by atoms with Gasteiger partial charge in [0.15, 0.2) is 5.78 Å². The minimum Gasteiger partial charge on any atom is -0.507 e. The van der Waals surface area contributed by atoms with Crippen molar-refractivity contribution in [2.24, 2.45) is 0 Å². The molecule has 0 unspecified atom stereocenters. The van der Waals surface area contributed by atoms with E-state index in [2.05, 4.69) is 15.9 Å². The predicted octanol–water partition coefficient (Wildman–Crippen LogP) is 4.70. The Hall–Kier alpha value is -1.58. The molecule has 0 aromatic heterocycles. The summed E-state index contributed by atoms with van der Waals surface area (Å²) in [6, 6.07) is 11.9. The third-order valence-corrected chi connectivity index (χ3v) is 3.38. The van der Waals surface area contributed by atoms with Crippen molar-refractivity contribution in [1.29, 1.82) is 0 Å². The van der Waals surface area contributed by atoms with Crippen LogP contribution in [0.1, 0.15) is 15.9 Å². The monoisotopic (exact) mass is 336 g/mol. The van der Waals surface area contributed by atoms with Crippen molar-refractivity contribution in [2.75, 3.05) is 0 Å². The maximum atomic E-state index is 12.0. The summed E-state index contributed by atoms with van der Waals surface area (Å²) in [5.41, 5.74) is 1.00. The van der Waals surface area contributed by atoms with Crippen molar-refractivity contribution in [3.05, 3.63) is 69.2 Å². The zero-order chi connectivity index (χ0) is 13.8. The fourth-order valence-corrected chi connectivity index (χ4v) is 2.13. The second kappa shape index (κ2) is 6.04. The molecule has 0 saturated heterocycles. The maximum absolute atomic E-state index is 12.0. The fourth-order valence-electron chi connectivity index (χ4n) is 1.57. The van der Waals surface area contributed by atoms with Crippen LogP contribution in [0.15, 0.2) is 53.0 Å². The van der Waals surface area contributed by atoms with Crippen molar-refractivity contribution in [1.82, 2.24) is 0 Å². The van der Waals surface area contributed by atoms with Crippen LogP contribution in [0.4, 0.5) is 0 Å². The minimum atomic E-state index is -0.279. The highest BCUT2D eigenvalue weighted by molar-refractivity contribution is 9.10. The summed E-state index contributed by atoms with van der Waals surface area (Å²) in [5, 5.41) is 10.2. The van der Waals surface area contributed by atoms with Crippen LogP contribution in [0, 0.1) is 0 Å². The number of allylic oxidation sites excluding steroid dienone is 1. The van der Waals surface area contributed by atoms with E-state index in [0.29, 0.717) is 5.02 Å². The molecular formula is C15H10BrClO2. The minimum absolute atomic E-state index is 0.0444. The Labute approximate surface area is 124 Å². The lowest BCUT2D eigenvalue weighted by Gasteiger charge is -2.01. The van der Waals surface area contributed by atoms with E-state index in [9.17, 15) is 9.90 Å². The number of aromatic hydroxyl groups is 1. The molecule has 0 bridgehead atoms. The quantitative estimate of drug-likeness (QED) is 0.651. The average Bonchev–Trinajstić information content (AvgIpc) is 2.40. The van der Waals surface area contributed by atoms with Gasteiger partial charge in [-0.25, -0.2) is 0 Å². The standard InChI is InChI=1S/C15H10BrClO2/c16-11-6-8-15(19)12(9-11)14(18)7-5-10-3-1-2-4-13(10)17/h1-9,19H/b7-5+. The van der Waals surface area contributed by atoms with Crippen molar-refractivity contribution < 1.29 is 9.90 Å². The van der Waals surface area contributed by atoms with Gasteiger partial charge in [0.05, 0.1) is 5.56 Å². The molecule has 2 nitrogen and oxygen atoms in total. The fraction of sp³-hybridized carbons (Fsp3) is 0. The number of hydrogen-bond acceptors (Lipinski definition) is 2. The molecule has 96 valence electrons. The molecular weight excluding hydrogens is 328 g/mol. The molecule has 2 aromatic carbocycles. The lowest BCUT2D eigenvalue weighted by atomic mass is 10.1. The van der Waals surface area contributed by atoms with Crippen LogP contribution in [-0.2, 0) is 0 Å². The van der Waals surface area contributed by atoms with Crippen LogP contribution in [0.5, 0.6) is 5.75 Å². The lowest BCUT2D eigenvalue weighted by molar-refractivity contribution is 0.104. The van der Waals surface area contributed by atoms with Gasteiger partial charge in [0.1, 0.15) is 5.75 Å². The van der Waals surface area contributed by atoms with Gasteiger partial charge in [-0.1, -0.05) is 45.7 Å². The van der Waals surface area contributed by atoms with Crippen LogP contribution >= 0.6 is 27.5 Å². The first kappa shape index (κ1) is 13.8. The number of carbonyl (C=O) groups excluding carboxylic acids is 1. The zero-order valence-electron chi connectivity index (χ0n) is 9.81. The van der Waals surface area contributed by atoms with Gasteiger partial charge < -0.3 is 5.11 Å². The highest BCUT2D eigenvalue weighted by atomic mass is 79.9. The lowest BCUT2D eigenvalue weighted by Crippen LogP contribution is -1.94. The molecule has 0 heterocycles. The smallest absolute Gasteiger partial charge is 0.189 e. The van der Waals surface area contributed by atoms with Crippen molar-refractivity contribution >= 4 is 39.4 Å². The van der Waals surface area contributed by atoms with E-state index < -0.39 is 0 Å². The molecule has 0 atom stereocenters. The van der Waals surface area contributed by atoms with Gasteiger partial charge in [-0.05, 0) is 42.0 Å². The second-order valence-electron chi connectivity index (χ2n) is 3.88. The summed E-state index contributed by atoms with van der Waals surface area (Å²) >= 11 is 9.25. The molecule has 0 aliphatic heterocycles. The number of phenolic OH excluding ortho intramolecular Hbond substituents is 1. The molecule has 0 fully saturated rings. The van der Waals surface area contributed by atoms with E-state index in [1.54, 1.807) is 24.3 Å². The Balaban J connectivity index is 2.26. The number of phenols is 1. The van der Waals surface area contributed by atoms with Gasteiger partial charge in [-0.15, -0.1) is 0 Å². The molecule has 19 heavy (non-hydrogen) atoms. The molecule has 0 aliphatic rings. The number of ketones is 1. The summed E-state index contributed by atoms with van der Waals surface area (Å²) in [6.45, 7) is 0. The highest BCUT2D eigenvalue weighted by Gasteiger charge is 2.08. The summed E-state index contributed by atoms with van der Waals surface area (Å²) in [7, 11) is 0. The molecule has 4 heteroatoms. The van der Waals surface area contributed by atoms with E-state index in [4.69, 9.17) is 11.6 Å². The van der Waals surface area contributed by atoms with Gasteiger partial charge in [0, 0.05) is 9.50 Å². The number of carbonyl (C=O) groups is 1. The molecule has 0 spiro atoms. The maximum Gasteiger partial charge on any atom is 0.189 e. The predicted molar refractivity (Wildman–Crippen MR) is 80.6 cm³/mol. The largest absolute Gasteiger partial charge is 0.507 e. The van der Waals surface area contributed by atoms with E-state index in [0.717, 1.165) is 10.0 Å². The Morgan fingerprint density at radius 2 is 1.95 bits per heavy atom. The first-order chi connectivity index (χ1) is 9.08. The Morgan fingerprint density at radius 1 is 1.21 bits per heavy atom. The van der Waals surface area contributed by atoms with Crippen molar-refractivity contribution in [3.63, 3.8) is 0 Å². The molecule has 0 amide bonds. The third-order valence-electron chi connectivity index (χ3n) is 2.54. The number of rotatable bonds is 3. The Kier molecular flexibility index (Phi) is 4.40. The molecule has 0 radical (unpaired) electrons. The van der Waals surface area contributed by atoms with Crippen LogP contribution in [0.25, 0.3) is 6.08 Å². The second-order valence-corrected chi connectivity index (χ2v) is 5.20. The first-order valence-corrected chi connectivity index (χ1v) is 6.70.